The lowest BCUT2D eigenvalue weighted by atomic mass is 10.0. The topological polar surface area (TPSA) is 110 Å². The molecule has 0 unspecified atom stereocenters. The maximum Gasteiger partial charge on any atom is 0.416 e. The SMILES string of the molecule is C/C(=C\c1ccc2c(c1)N(S(=O)(=O)c1cccc(C(F)(F)F)c1)C[C@H](CCC(=O)O)O2)c1c(C)noc1C. The molecule has 202 valence electrons. The average Bonchev–Trinajstić information content (AvgIpc) is 3.19. The molecule has 12 heteroatoms. The Hall–Kier alpha value is -3.80. The van der Waals surface area contributed by atoms with Gasteiger partial charge in [0.05, 0.1) is 28.4 Å². The number of nitrogens with zero attached hydrogens (tertiary/aromatic N) is 2. The molecule has 38 heavy (non-hydrogen) atoms. The number of hydrogen-bond donors (Lipinski definition) is 1. The van der Waals surface area contributed by atoms with E-state index in [2.05, 4.69) is 5.16 Å². The number of anilines is 1. The summed E-state index contributed by atoms with van der Waals surface area (Å²) in [5, 5.41) is 13.0. The maximum atomic E-state index is 13.7. The van der Waals surface area contributed by atoms with Crippen LogP contribution in [0.25, 0.3) is 11.6 Å². The summed E-state index contributed by atoms with van der Waals surface area (Å²) in [5.74, 6) is -0.288. The fourth-order valence-corrected chi connectivity index (χ4v) is 5.95. The molecular formula is C26H25F3N2O6S. The second-order valence-electron chi connectivity index (χ2n) is 8.99. The summed E-state index contributed by atoms with van der Waals surface area (Å²) in [6, 6.07) is 8.33. The van der Waals surface area contributed by atoms with E-state index < -0.39 is 38.7 Å². The van der Waals surface area contributed by atoms with E-state index in [4.69, 9.17) is 14.4 Å². The molecule has 0 spiro atoms. The second-order valence-corrected chi connectivity index (χ2v) is 10.8. The Morgan fingerprint density at radius 2 is 1.95 bits per heavy atom. The van der Waals surface area contributed by atoms with Crippen LogP contribution in [0.1, 0.15) is 47.9 Å². The third-order valence-corrected chi connectivity index (χ3v) is 7.93. The molecule has 0 radical (unpaired) electrons. The molecule has 1 aromatic heterocycles. The number of aryl methyl sites for hydroxylation is 2. The Balaban J connectivity index is 1.79. The number of hydrogen-bond acceptors (Lipinski definition) is 6. The lowest BCUT2D eigenvalue weighted by Gasteiger charge is -2.35. The van der Waals surface area contributed by atoms with Crippen LogP contribution < -0.4 is 9.04 Å². The number of benzene rings is 2. The van der Waals surface area contributed by atoms with Crippen molar-refractivity contribution in [2.75, 3.05) is 10.8 Å². The van der Waals surface area contributed by atoms with Crippen LogP contribution in [0.2, 0.25) is 0 Å². The van der Waals surface area contributed by atoms with E-state index in [-0.39, 0.29) is 30.8 Å². The van der Waals surface area contributed by atoms with Gasteiger partial charge in [-0.2, -0.15) is 13.2 Å². The molecule has 1 atom stereocenters. The monoisotopic (exact) mass is 550 g/mol. The molecule has 0 amide bonds. The van der Waals surface area contributed by atoms with Crippen LogP contribution in [0.4, 0.5) is 18.9 Å². The van der Waals surface area contributed by atoms with Crippen molar-refractivity contribution in [2.24, 2.45) is 0 Å². The zero-order chi connectivity index (χ0) is 27.8. The first-order chi connectivity index (χ1) is 17.8. The highest BCUT2D eigenvalue weighted by Crippen LogP contribution is 2.40. The van der Waals surface area contributed by atoms with Crippen molar-refractivity contribution in [3.63, 3.8) is 0 Å². The molecule has 1 aliphatic heterocycles. The Morgan fingerprint density at radius 3 is 2.58 bits per heavy atom. The molecule has 4 rings (SSSR count). The van der Waals surface area contributed by atoms with Gasteiger partial charge in [-0.05, 0) is 68.7 Å². The number of sulfonamides is 1. The first kappa shape index (κ1) is 27.2. The van der Waals surface area contributed by atoms with Crippen molar-refractivity contribution in [3.8, 4) is 5.75 Å². The van der Waals surface area contributed by atoms with E-state index in [0.29, 0.717) is 23.1 Å². The van der Waals surface area contributed by atoms with Gasteiger partial charge in [0.2, 0.25) is 0 Å². The van der Waals surface area contributed by atoms with Crippen LogP contribution in [-0.4, -0.2) is 37.3 Å². The van der Waals surface area contributed by atoms with Gasteiger partial charge in [-0.1, -0.05) is 23.4 Å². The van der Waals surface area contributed by atoms with Gasteiger partial charge in [0, 0.05) is 12.0 Å². The Bertz CT molecular complexity index is 1490. The molecule has 8 nitrogen and oxygen atoms in total. The minimum atomic E-state index is -4.73. The fraction of sp³-hybridized carbons (Fsp3) is 0.308. The van der Waals surface area contributed by atoms with E-state index >= 15 is 0 Å². The van der Waals surface area contributed by atoms with E-state index in [1.807, 2.05) is 6.92 Å². The molecule has 0 saturated carbocycles. The lowest BCUT2D eigenvalue weighted by Crippen LogP contribution is -2.43. The largest absolute Gasteiger partial charge is 0.486 e. The highest BCUT2D eigenvalue weighted by Gasteiger charge is 2.37. The summed E-state index contributed by atoms with van der Waals surface area (Å²) in [5.41, 5.74) is 1.95. The summed E-state index contributed by atoms with van der Waals surface area (Å²) >= 11 is 0. The van der Waals surface area contributed by atoms with E-state index in [1.54, 1.807) is 38.1 Å². The second kappa shape index (κ2) is 10.2. The summed E-state index contributed by atoms with van der Waals surface area (Å²) in [7, 11) is -4.47. The molecule has 0 bridgehead atoms. The van der Waals surface area contributed by atoms with E-state index in [0.717, 1.165) is 33.6 Å². The first-order valence-electron chi connectivity index (χ1n) is 11.6. The zero-order valence-electron chi connectivity index (χ0n) is 20.7. The smallest absolute Gasteiger partial charge is 0.416 e. The van der Waals surface area contributed by atoms with Crippen LogP contribution in [0, 0.1) is 13.8 Å². The zero-order valence-corrected chi connectivity index (χ0v) is 21.6. The summed E-state index contributed by atoms with van der Waals surface area (Å²) in [4.78, 5) is 10.6. The number of allylic oxidation sites excluding steroid dienone is 1. The molecule has 1 aliphatic rings. The summed E-state index contributed by atoms with van der Waals surface area (Å²) in [6.07, 6.45) is -4.00. The quantitative estimate of drug-likeness (QED) is 0.402. The molecule has 2 heterocycles. The Labute approximate surface area is 217 Å². The highest BCUT2D eigenvalue weighted by atomic mass is 32.2. The predicted molar refractivity (Wildman–Crippen MR) is 133 cm³/mol. The normalized spacial score (nSPS) is 16.2. The van der Waals surface area contributed by atoms with Gasteiger partial charge in [-0.25, -0.2) is 8.42 Å². The average molecular weight is 551 g/mol. The maximum absolute atomic E-state index is 13.7. The number of carboxylic acids is 1. The van der Waals surface area contributed by atoms with E-state index in [1.165, 1.54) is 0 Å². The number of carboxylic acid groups (broad SMARTS) is 1. The van der Waals surface area contributed by atoms with Crippen LogP contribution in [-0.2, 0) is 21.0 Å². The third-order valence-electron chi connectivity index (χ3n) is 6.16. The summed E-state index contributed by atoms with van der Waals surface area (Å²) in [6.45, 7) is 5.15. The van der Waals surface area contributed by atoms with Gasteiger partial charge in [-0.3, -0.25) is 9.10 Å². The van der Waals surface area contributed by atoms with Crippen molar-refractivity contribution in [3.05, 3.63) is 70.6 Å². The van der Waals surface area contributed by atoms with E-state index in [9.17, 15) is 26.4 Å². The van der Waals surface area contributed by atoms with Gasteiger partial charge in [0.1, 0.15) is 17.6 Å². The molecule has 0 aliphatic carbocycles. The van der Waals surface area contributed by atoms with Gasteiger partial charge < -0.3 is 14.4 Å². The molecule has 0 saturated heterocycles. The van der Waals surface area contributed by atoms with Crippen LogP contribution in [0.15, 0.2) is 51.9 Å². The third kappa shape index (κ3) is 5.54. The van der Waals surface area contributed by atoms with Gasteiger partial charge >= 0.3 is 12.1 Å². The van der Waals surface area contributed by atoms with Crippen LogP contribution in [0.5, 0.6) is 5.75 Å². The number of carbonyl (C=O) groups is 1. The predicted octanol–water partition coefficient (Wildman–Crippen LogP) is 5.69. The van der Waals surface area contributed by atoms with Gasteiger partial charge in [0.15, 0.2) is 0 Å². The van der Waals surface area contributed by atoms with Crippen molar-refractivity contribution in [1.29, 1.82) is 0 Å². The number of alkyl halides is 3. The van der Waals surface area contributed by atoms with Crippen LogP contribution in [0.3, 0.4) is 0 Å². The number of aromatic nitrogens is 1. The van der Waals surface area contributed by atoms with Gasteiger partial charge in [0.25, 0.3) is 10.0 Å². The number of rotatable bonds is 7. The fourth-order valence-electron chi connectivity index (χ4n) is 4.41. The first-order valence-corrected chi connectivity index (χ1v) is 13.1. The molecule has 2 aromatic carbocycles. The van der Waals surface area contributed by atoms with Crippen molar-refractivity contribution >= 4 is 33.3 Å². The molecule has 3 aromatic rings. The number of aliphatic carboxylic acids is 1. The lowest BCUT2D eigenvalue weighted by molar-refractivity contribution is -0.138. The number of ether oxygens (including phenoxy) is 1. The Morgan fingerprint density at radius 1 is 1.21 bits per heavy atom. The molecule has 0 fully saturated rings. The minimum absolute atomic E-state index is 0.0101. The molecular weight excluding hydrogens is 525 g/mol. The van der Waals surface area contributed by atoms with Gasteiger partial charge in [-0.15, -0.1) is 0 Å². The van der Waals surface area contributed by atoms with Crippen LogP contribution >= 0.6 is 0 Å². The van der Waals surface area contributed by atoms with Crippen molar-refractivity contribution in [1.82, 2.24) is 5.16 Å². The number of halogens is 3. The van der Waals surface area contributed by atoms with Crippen molar-refractivity contribution in [2.45, 2.75) is 50.8 Å². The standard InChI is InChI=1S/C26H25F3N2O6S/c1-15(25-16(2)30-37-17(25)3)11-18-7-9-23-22(12-18)31(14-20(36-23)8-10-24(32)33)38(34,35)21-6-4-5-19(13-21)26(27,28)29/h4-7,9,11-13,20H,8,10,14H2,1-3H3,(H,32,33)/b15-11+/t20-/m0/s1. The number of fused-ring (bicyclic) bond motifs is 1. The summed E-state index contributed by atoms with van der Waals surface area (Å²) < 4.78 is 79.4. The molecule has 1 N–H and O–H groups in total. The highest BCUT2D eigenvalue weighted by molar-refractivity contribution is 7.92. The minimum Gasteiger partial charge on any atom is -0.486 e. The Kier molecular flexibility index (Phi) is 7.29. The van der Waals surface area contributed by atoms with Crippen molar-refractivity contribution < 1.29 is 40.8 Å².